The van der Waals surface area contributed by atoms with Gasteiger partial charge in [0.2, 0.25) is 0 Å². The van der Waals surface area contributed by atoms with Crippen molar-refractivity contribution in [1.82, 2.24) is 0 Å². The van der Waals surface area contributed by atoms with Crippen LogP contribution >= 0.6 is 0 Å². The van der Waals surface area contributed by atoms with E-state index in [2.05, 4.69) is 268 Å². The van der Waals surface area contributed by atoms with Crippen LogP contribution in [0.1, 0.15) is 5.56 Å². The van der Waals surface area contributed by atoms with Crippen LogP contribution < -0.4 is 0 Å². The van der Waals surface area contributed by atoms with Gasteiger partial charge in [0.1, 0.15) is 0 Å². The summed E-state index contributed by atoms with van der Waals surface area (Å²) in [5.41, 5.74) is 18.5. The molecule has 0 bridgehead atoms. The molecule has 0 spiro atoms. The summed E-state index contributed by atoms with van der Waals surface area (Å²) in [6.07, 6.45) is 0. The average Bonchev–Trinajstić information content (AvgIpc) is 3.45. The summed E-state index contributed by atoms with van der Waals surface area (Å²) in [6, 6.07) is 97.3. The van der Waals surface area contributed by atoms with Crippen LogP contribution in [-0.4, -0.2) is 0 Å². The van der Waals surface area contributed by atoms with E-state index >= 15 is 0 Å². The molecule has 0 fully saturated rings. The number of fused-ring (bicyclic) bond motifs is 3. The minimum Gasteiger partial charge on any atom is -0.0622 e. The molecular weight excluding hydrogens is 853 g/mol. The van der Waals surface area contributed by atoms with Gasteiger partial charge in [-0.1, -0.05) is 254 Å². The average molecular weight is 899 g/mol. The standard InChI is InChI=1S/C71H46/c1-45-29-31-49(32-30-45)66-43-67(59-36-33-50(46-17-5-2-6-18-46)53-23-11-14-26-56(53)59)63-41-42-65-69(61-38-35-52(48-21-9-4-10-22-48)55-25-13-16-28-58(55)61)44-68(64-40-39-62(66)70(63)71(64)65)60-37-34-51(47-19-7-3-8-20-47)54-24-12-15-27-57(54)60/h2-44H,1H3. The van der Waals surface area contributed by atoms with Crippen molar-refractivity contribution in [2.75, 3.05) is 0 Å². The maximum atomic E-state index is 2.51. The molecule has 0 aliphatic rings. The lowest BCUT2D eigenvalue weighted by Crippen LogP contribution is -1.96. The molecule has 0 radical (unpaired) electrons. The third-order valence-corrected chi connectivity index (χ3v) is 15.2. The molecule has 0 heterocycles. The van der Waals surface area contributed by atoms with Gasteiger partial charge in [-0.3, -0.25) is 0 Å². The van der Waals surface area contributed by atoms with Gasteiger partial charge in [0.05, 0.1) is 0 Å². The van der Waals surface area contributed by atoms with E-state index in [0.29, 0.717) is 0 Å². The summed E-state index contributed by atoms with van der Waals surface area (Å²) >= 11 is 0. The fraction of sp³-hybridized carbons (Fsp3) is 0.0141. The van der Waals surface area contributed by atoms with Crippen LogP contribution in [0.15, 0.2) is 261 Å². The largest absolute Gasteiger partial charge is 0.0622 e. The molecule has 0 saturated heterocycles. The Hall–Kier alpha value is -9.10. The van der Waals surface area contributed by atoms with Gasteiger partial charge in [-0.05, 0) is 162 Å². The van der Waals surface area contributed by atoms with Gasteiger partial charge in [-0.2, -0.15) is 0 Å². The van der Waals surface area contributed by atoms with Crippen LogP contribution in [0.4, 0.5) is 0 Å². The van der Waals surface area contributed by atoms with Crippen molar-refractivity contribution in [3.63, 3.8) is 0 Å². The van der Waals surface area contributed by atoms with E-state index in [1.807, 2.05) is 0 Å². The summed E-state index contributed by atoms with van der Waals surface area (Å²) in [7, 11) is 0. The molecule has 71 heavy (non-hydrogen) atoms. The van der Waals surface area contributed by atoms with Crippen LogP contribution in [0, 0.1) is 6.92 Å². The second-order valence-electron chi connectivity index (χ2n) is 19.1. The normalized spacial score (nSPS) is 11.7. The number of hydrogen-bond donors (Lipinski definition) is 0. The van der Waals surface area contributed by atoms with Crippen molar-refractivity contribution in [1.29, 1.82) is 0 Å². The lowest BCUT2D eigenvalue weighted by atomic mass is 9.80. The van der Waals surface area contributed by atoms with E-state index < -0.39 is 0 Å². The van der Waals surface area contributed by atoms with Gasteiger partial charge in [-0.25, -0.2) is 0 Å². The Kier molecular flexibility index (Phi) is 9.54. The van der Waals surface area contributed by atoms with Crippen molar-refractivity contribution < 1.29 is 0 Å². The third kappa shape index (κ3) is 6.60. The minimum atomic E-state index is 1.21. The molecule has 330 valence electrons. The topological polar surface area (TPSA) is 0 Å². The molecule has 0 N–H and O–H groups in total. The SMILES string of the molecule is Cc1ccc(-c2cc(-c3ccc(-c4ccccc4)c4ccccc34)c3ccc4c(-c5ccc(-c6ccccc6)c6ccccc56)cc(-c5ccc(-c6ccccc6)c6ccccc56)c5ccc2c3c54)cc1. The highest BCUT2D eigenvalue weighted by atomic mass is 14.3. The van der Waals surface area contributed by atoms with Crippen LogP contribution in [0.25, 0.3) is 143 Å². The molecular formula is C71H46. The second-order valence-corrected chi connectivity index (χ2v) is 19.1. The highest BCUT2D eigenvalue weighted by Gasteiger charge is 2.24. The zero-order valence-corrected chi connectivity index (χ0v) is 39.3. The Labute approximate surface area is 413 Å². The summed E-state index contributed by atoms with van der Waals surface area (Å²) in [5, 5.41) is 15.1. The first-order valence-corrected chi connectivity index (χ1v) is 24.7. The first kappa shape index (κ1) is 40.9. The molecule has 14 aromatic rings. The predicted octanol–water partition coefficient (Wildman–Crippen LogP) is 20.0. The summed E-state index contributed by atoms with van der Waals surface area (Å²) in [6.45, 7) is 2.18. The zero-order chi connectivity index (χ0) is 47.0. The van der Waals surface area contributed by atoms with Crippen LogP contribution in [0.2, 0.25) is 0 Å². The smallest absolute Gasteiger partial charge is 0.00139 e. The van der Waals surface area contributed by atoms with Gasteiger partial charge in [0.25, 0.3) is 0 Å². The molecule has 0 heteroatoms. The zero-order valence-electron chi connectivity index (χ0n) is 39.3. The minimum absolute atomic E-state index is 1.21. The van der Waals surface area contributed by atoms with Crippen LogP contribution in [0.3, 0.4) is 0 Å². The van der Waals surface area contributed by atoms with Crippen LogP contribution in [-0.2, 0) is 0 Å². The van der Waals surface area contributed by atoms with Crippen molar-refractivity contribution in [3.8, 4) is 77.9 Å². The Morgan fingerprint density at radius 3 is 0.761 bits per heavy atom. The van der Waals surface area contributed by atoms with Crippen molar-refractivity contribution in [3.05, 3.63) is 266 Å². The maximum absolute atomic E-state index is 2.51. The van der Waals surface area contributed by atoms with Gasteiger partial charge in [0.15, 0.2) is 0 Å². The fourth-order valence-electron chi connectivity index (χ4n) is 11.8. The quantitative estimate of drug-likeness (QED) is 0.140. The van der Waals surface area contributed by atoms with E-state index in [-0.39, 0.29) is 0 Å². The van der Waals surface area contributed by atoms with E-state index in [1.165, 1.54) is 148 Å². The summed E-state index contributed by atoms with van der Waals surface area (Å²) in [4.78, 5) is 0. The Balaban J connectivity index is 1.13. The number of benzene rings is 14. The molecule has 0 aliphatic carbocycles. The highest BCUT2D eigenvalue weighted by Crippen LogP contribution is 2.51. The van der Waals surface area contributed by atoms with E-state index in [0.717, 1.165) is 0 Å². The number of hydrogen-bond acceptors (Lipinski definition) is 0. The second kappa shape index (κ2) is 16.6. The van der Waals surface area contributed by atoms with Gasteiger partial charge < -0.3 is 0 Å². The van der Waals surface area contributed by atoms with E-state index in [9.17, 15) is 0 Å². The first-order chi connectivity index (χ1) is 35.2. The molecule has 0 aromatic heterocycles. The molecule has 0 unspecified atom stereocenters. The van der Waals surface area contributed by atoms with Crippen LogP contribution in [0.5, 0.6) is 0 Å². The van der Waals surface area contributed by atoms with Crippen molar-refractivity contribution in [2.24, 2.45) is 0 Å². The summed E-state index contributed by atoms with van der Waals surface area (Å²) in [5.74, 6) is 0. The van der Waals surface area contributed by atoms with Gasteiger partial charge in [0, 0.05) is 0 Å². The molecule has 0 saturated carbocycles. The number of aryl methyl sites for hydroxylation is 1. The van der Waals surface area contributed by atoms with Crippen molar-refractivity contribution >= 4 is 64.6 Å². The predicted molar refractivity (Wildman–Crippen MR) is 305 cm³/mol. The van der Waals surface area contributed by atoms with Gasteiger partial charge >= 0.3 is 0 Å². The van der Waals surface area contributed by atoms with E-state index in [4.69, 9.17) is 0 Å². The fourth-order valence-corrected chi connectivity index (χ4v) is 11.8. The lowest BCUT2D eigenvalue weighted by Gasteiger charge is -2.23. The Bertz CT molecular complexity index is 4210. The van der Waals surface area contributed by atoms with Gasteiger partial charge in [-0.15, -0.1) is 0 Å². The number of rotatable bonds is 7. The molecule has 0 atom stereocenters. The molecule has 0 amide bonds. The molecule has 14 aromatic carbocycles. The first-order valence-electron chi connectivity index (χ1n) is 24.7. The summed E-state index contributed by atoms with van der Waals surface area (Å²) < 4.78 is 0. The molecule has 14 rings (SSSR count). The van der Waals surface area contributed by atoms with Crippen molar-refractivity contribution in [2.45, 2.75) is 6.92 Å². The maximum Gasteiger partial charge on any atom is -0.00139 e. The monoisotopic (exact) mass is 898 g/mol. The third-order valence-electron chi connectivity index (χ3n) is 15.2. The Morgan fingerprint density at radius 1 is 0.169 bits per heavy atom. The lowest BCUT2D eigenvalue weighted by molar-refractivity contribution is 1.47. The van der Waals surface area contributed by atoms with E-state index in [1.54, 1.807) is 0 Å². The molecule has 0 aliphatic heterocycles. The Morgan fingerprint density at radius 2 is 0.423 bits per heavy atom. The highest BCUT2D eigenvalue weighted by molar-refractivity contribution is 6.33. The molecule has 0 nitrogen and oxygen atoms in total.